The molecule has 0 heterocycles. The molecule has 0 atom stereocenters. The second-order valence-corrected chi connectivity index (χ2v) is 3.69. The normalized spacial score (nSPS) is 9.76. The van der Waals surface area contributed by atoms with E-state index in [1.807, 2.05) is 0 Å². The van der Waals surface area contributed by atoms with Crippen LogP contribution in [0.2, 0.25) is 0 Å². The number of amides is 1. The molecule has 0 aliphatic rings. The Morgan fingerprint density at radius 2 is 2.29 bits per heavy atom. The van der Waals surface area contributed by atoms with Gasteiger partial charge in [-0.2, -0.15) is 0 Å². The largest absolute Gasteiger partial charge is 0.484 e. The van der Waals surface area contributed by atoms with Gasteiger partial charge in [-0.15, -0.1) is 0 Å². The third-order valence-corrected chi connectivity index (χ3v) is 2.17. The van der Waals surface area contributed by atoms with Crippen LogP contribution in [0.5, 0.6) is 5.75 Å². The molecule has 1 aromatic rings. The van der Waals surface area contributed by atoms with E-state index in [2.05, 4.69) is 17.5 Å². The summed E-state index contributed by atoms with van der Waals surface area (Å²) in [6.45, 7) is 2.17. The van der Waals surface area contributed by atoms with Gasteiger partial charge in [-0.3, -0.25) is 4.79 Å². The zero-order valence-electron chi connectivity index (χ0n) is 9.33. The van der Waals surface area contributed by atoms with E-state index in [0.717, 1.165) is 6.07 Å². The lowest BCUT2D eigenvalue weighted by molar-refractivity contribution is -0.122. The van der Waals surface area contributed by atoms with Crippen molar-refractivity contribution in [3.8, 4) is 5.75 Å². The zero-order chi connectivity index (χ0) is 12.8. The highest BCUT2D eigenvalue weighted by atomic mass is 32.1. The summed E-state index contributed by atoms with van der Waals surface area (Å²) in [6.07, 6.45) is 0. The van der Waals surface area contributed by atoms with Crippen LogP contribution in [0.25, 0.3) is 0 Å². The van der Waals surface area contributed by atoms with Crippen molar-refractivity contribution in [2.24, 2.45) is 5.73 Å². The second-order valence-electron chi connectivity index (χ2n) is 3.25. The molecule has 0 bridgehead atoms. The lowest BCUT2D eigenvalue weighted by Gasteiger charge is -2.07. The Bertz CT molecular complexity index is 437. The summed E-state index contributed by atoms with van der Waals surface area (Å²) in [7, 11) is 0. The van der Waals surface area contributed by atoms with Gasteiger partial charge in [0.25, 0.3) is 5.91 Å². The molecule has 0 saturated heterocycles. The first kappa shape index (κ1) is 13.4. The number of carbonyl (C=O) groups is 1. The number of rotatable bonds is 5. The van der Waals surface area contributed by atoms with Crippen LogP contribution < -0.4 is 15.8 Å². The molecule has 3 N–H and O–H groups in total. The van der Waals surface area contributed by atoms with Gasteiger partial charge in [0.05, 0.1) is 0 Å². The summed E-state index contributed by atoms with van der Waals surface area (Å²) in [4.78, 5) is 11.1. The molecular formula is C11H13FN2O2S. The molecule has 1 amide bonds. The zero-order valence-corrected chi connectivity index (χ0v) is 10.1. The van der Waals surface area contributed by atoms with Crippen LogP contribution >= 0.6 is 12.2 Å². The van der Waals surface area contributed by atoms with E-state index < -0.39 is 5.82 Å². The SMILES string of the molecule is CCNC(=O)COc1ccc(C(N)=S)c(F)c1. The molecular weight excluding hydrogens is 243 g/mol. The number of hydrogen-bond acceptors (Lipinski definition) is 3. The first-order valence-corrected chi connectivity index (χ1v) is 5.44. The third kappa shape index (κ3) is 3.99. The van der Waals surface area contributed by atoms with Crippen LogP contribution in [0.1, 0.15) is 12.5 Å². The summed E-state index contributed by atoms with van der Waals surface area (Å²) >= 11 is 4.67. The number of thiocarbonyl (C=S) groups is 1. The van der Waals surface area contributed by atoms with Crippen LogP contribution in [0.15, 0.2) is 18.2 Å². The molecule has 0 aliphatic carbocycles. The highest BCUT2D eigenvalue weighted by Crippen LogP contribution is 2.16. The maximum absolute atomic E-state index is 13.4. The van der Waals surface area contributed by atoms with Gasteiger partial charge in [0.1, 0.15) is 16.6 Å². The lowest BCUT2D eigenvalue weighted by atomic mass is 10.2. The van der Waals surface area contributed by atoms with Crippen molar-refractivity contribution in [1.82, 2.24) is 5.32 Å². The fraction of sp³-hybridized carbons (Fsp3) is 0.273. The van der Waals surface area contributed by atoms with Crippen molar-refractivity contribution in [2.75, 3.05) is 13.2 Å². The molecule has 1 aromatic carbocycles. The van der Waals surface area contributed by atoms with E-state index in [0.29, 0.717) is 6.54 Å². The Morgan fingerprint density at radius 3 is 2.82 bits per heavy atom. The molecule has 0 unspecified atom stereocenters. The van der Waals surface area contributed by atoms with Crippen LogP contribution in [0.3, 0.4) is 0 Å². The summed E-state index contributed by atoms with van der Waals surface area (Å²) in [5.41, 5.74) is 5.47. The fourth-order valence-corrected chi connectivity index (χ4v) is 1.35. The number of halogens is 1. The summed E-state index contributed by atoms with van der Waals surface area (Å²) in [5, 5.41) is 2.56. The fourth-order valence-electron chi connectivity index (χ4n) is 1.18. The van der Waals surface area contributed by atoms with Crippen LogP contribution in [0.4, 0.5) is 4.39 Å². The molecule has 0 fully saturated rings. The molecule has 0 aromatic heterocycles. The van der Waals surface area contributed by atoms with Crippen LogP contribution in [-0.2, 0) is 4.79 Å². The molecule has 6 heteroatoms. The highest BCUT2D eigenvalue weighted by Gasteiger charge is 2.07. The van der Waals surface area contributed by atoms with Crippen molar-refractivity contribution >= 4 is 23.1 Å². The lowest BCUT2D eigenvalue weighted by Crippen LogP contribution is -2.28. The molecule has 4 nitrogen and oxygen atoms in total. The minimum absolute atomic E-state index is 0.0159. The molecule has 1 rings (SSSR count). The van der Waals surface area contributed by atoms with E-state index in [1.54, 1.807) is 6.92 Å². The first-order valence-electron chi connectivity index (χ1n) is 5.03. The second kappa shape index (κ2) is 6.15. The van der Waals surface area contributed by atoms with Crippen LogP contribution in [0, 0.1) is 5.82 Å². The number of benzene rings is 1. The van der Waals surface area contributed by atoms with Gasteiger partial charge in [0, 0.05) is 18.2 Å². The number of ether oxygens (including phenoxy) is 1. The van der Waals surface area contributed by atoms with Gasteiger partial charge in [-0.05, 0) is 19.1 Å². The minimum atomic E-state index is -0.564. The Labute approximate surface area is 104 Å². The number of likely N-dealkylation sites (N-methyl/N-ethyl adjacent to an activating group) is 1. The molecule has 0 spiro atoms. The molecule has 0 radical (unpaired) electrons. The Balaban J connectivity index is 2.65. The quantitative estimate of drug-likeness (QED) is 0.771. The van der Waals surface area contributed by atoms with E-state index in [1.165, 1.54) is 12.1 Å². The summed E-state index contributed by atoms with van der Waals surface area (Å²) in [6, 6.07) is 4.08. The Kier molecular flexibility index (Phi) is 4.84. The van der Waals surface area contributed by atoms with Crippen molar-refractivity contribution in [1.29, 1.82) is 0 Å². The topological polar surface area (TPSA) is 64.3 Å². The van der Waals surface area contributed by atoms with Gasteiger partial charge >= 0.3 is 0 Å². The van der Waals surface area contributed by atoms with Gasteiger partial charge in [-0.1, -0.05) is 12.2 Å². The first-order chi connectivity index (χ1) is 8.04. The van der Waals surface area contributed by atoms with Gasteiger partial charge < -0.3 is 15.8 Å². The van der Waals surface area contributed by atoms with Gasteiger partial charge in [-0.25, -0.2) is 4.39 Å². The predicted octanol–water partition coefficient (Wildman–Crippen LogP) is 0.975. The third-order valence-electron chi connectivity index (χ3n) is 1.95. The van der Waals surface area contributed by atoms with Crippen molar-refractivity contribution in [3.05, 3.63) is 29.6 Å². The number of hydrogen-bond donors (Lipinski definition) is 2. The highest BCUT2D eigenvalue weighted by molar-refractivity contribution is 7.80. The molecule has 92 valence electrons. The smallest absolute Gasteiger partial charge is 0.257 e. The predicted molar refractivity (Wildman–Crippen MR) is 66.5 cm³/mol. The van der Waals surface area contributed by atoms with Crippen molar-refractivity contribution in [2.45, 2.75) is 6.92 Å². The number of nitrogens with two attached hydrogens (primary N) is 1. The summed E-state index contributed by atoms with van der Waals surface area (Å²) < 4.78 is 18.5. The van der Waals surface area contributed by atoms with E-state index in [-0.39, 0.29) is 28.8 Å². The molecule has 17 heavy (non-hydrogen) atoms. The molecule has 0 aliphatic heterocycles. The van der Waals surface area contributed by atoms with Crippen LogP contribution in [-0.4, -0.2) is 24.0 Å². The summed E-state index contributed by atoms with van der Waals surface area (Å²) in [5.74, 6) is -0.564. The average molecular weight is 256 g/mol. The van der Waals surface area contributed by atoms with Crippen molar-refractivity contribution < 1.29 is 13.9 Å². The van der Waals surface area contributed by atoms with Crippen molar-refractivity contribution in [3.63, 3.8) is 0 Å². The average Bonchev–Trinajstić information content (AvgIpc) is 2.26. The van der Waals surface area contributed by atoms with E-state index in [9.17, 15) is 9.18 Å². The minimum Gasteiger partial charge on any atom is -0.484 e. The Hall–Kier alpha value is -1.69. The monoisotopic (exact) mass is 256 g/mol. The number of carbonyl (C=O) groups excluding carboxylic acids is 1. The van der Waals surface area contributed by atoms with E-state index in [4.69, 9.17) is 10.5 Å². The van der Waals surface area contributed by atoms with E-state index >= 15 is 0 Å². The maximum Gasteiger partial charge on any atom is 0.257 e. The Morgan fingerprint density at radius 1 is 1.59 bits per heavy atom. The maximum atomic E-state index is 13.4. The van der Waals surface area contributed by atoms with Gasteiger partial charge in [0.15, 0.2) is 6.61 Å². The standard InChI is InChI=1S/C11H13FN2O2S/c1-2-14-10(15)6-16-7-3-4-8(11(13)17)9(12)5-7/h3-5H,2,6H2,1H3,(H2,13,17)(H,14,15). The molecule has 0 saturated carbocycles. The number of nitrogens with one attached hydrogen (secondary N) is 1. The van der Waals surface area contributed by atoms with Gasteiger partial charge in [0.2, 0.25) is 0 Å².